The van der Waals surface area contributed by atoms with Crippen LogP contribution in [0.5, 0.6) is 5.75 Å². The first-order valence-corrected chi connectivity index (χ1v) is 10.9. The molecule has 8 heteroatoms. The van der Waals surface area contributed by atoms with Crippen LogP contribution in [-0.4, -0.2) is 38.8 Å². The fourth-order valence-electron chi connectivity index (χ4n) is 3.75. The molecule has 0 saturated heterocycles. The number of amides is 1. The van der Waals surface area contributed by atoms with Crippen LogP contribution < -0.4 is 10.1 Å². The summed E-state index contributed by atoms with van der Waals surface area (Å²) in [6.45, 7) is 4.80. The van der Waals surface area contributed by atoms with E-state index in [9.17, 15) is 4.79 Å². The molecule has 2 aromatic heterocycles. The minimum atomic E-state index is -0.421. The van der Waals surface area contributed by atoms with Gasteiger partial charge in [0, 0.05) is 12.5 Å². The first-order chi connectivity index (χ1) is 14.4. The van der Waals surface area contributed by atoms with Crippen molar-refractivity contribution in [3.05, 3.63) is 23.5 Å². The first kappa shape index (κ1) is 20.6. The quantitative estimate of drug-likeness (QED) is 0.740. The van der Waals surface area contributed by atoms with Crippen molar-refractivity contribution in [3.63, 3.8) is 0 Å². The summed E-state index contributed by atoms with van der Waals surface area (Å²) in [5.74, 6) is 0.825. The molecule has 0 aliphatic heterocycles. The zero-order valence-electron chi connectivity index (χ0n) is 18.1. The van der Waals surface area contributed by atoms with Crippen LogP contribution in [0.15, 0.2) is 12.1 Å². The predicted molar refractivity (Wildman–Crippen MR) is 112 cm³/mol. The van der Waals surface area contributed by atoms with Crippen molar-refractivity contribution in [2.75, 3.05) is 6.61 Å². The smallest absolute Gasteiger partial charge is 0.407 e. The molecule has 2 fully saturated rings. The molecular weight excluding hydrogens is 382 g/mol. The Kier molecular flexibility index (Phi) is 5.92. The number of hydrogen-bond donors (Lipinski definition) is 1. The van der Waals surface area contributed by atoms with Crippen molar-refractivity contribution < 1.29 is 14.3 Å². The van der Waals surface area contributed by atoms with Crippen molar-refractivity contribution in [1.82, 2.24) is 25.3 Å². The number of nitrogens with one attached hydrogen (secondary N) is 1. The maximum Gasteiger partial charge on any atom is 0.407 e. The molecule has 8 nitrogen and oxygen atoms in total. The number of pyridine rings is 1. The van der Waals surface area contributed by atoms with E-state index in [1.807, 2.05) is 19.1 Å². The SMILES string of the molecule is Cc1nc(-c2nnn(C)c2CNC(=O)OCC2(C)CC2)ccc1OC1CCCCC1. The minimum absolute atomic E-state index is 0.166. The highest BCUT2D eigenvalue weighted by Gasteiger charge is 2.38. The van der Waals surface area contributed by atoms with Crippen LogP contribution in [0.3, 0.4) is 0 Å². The van der Waals surface area contributed by atoms with Crippen molar-refractivity contribution in [1.29, 1.82) is 0 Å². The number of aromatic nitrogens is 4. The average Bonchev–Trinajstić information content (AvgIpc) is 3.37. The molecule has 162 valence electrons. The van der Waals surface area contributed by atoms with Gasteiger partial charge in [0.25, 0.3) is 0 Å². The number of hydrogen-bond acceptors (Lipinski definition) is 6. The molecule has 2 heterocycles. The molecule has 0 unspecified atom stereocenters. The number of alkyl carbamates (subject to hydrolysis) is 1. The summed E-state index contributed by atoms with van der Waals surface area (Å²) in [4.78, 5) is 16.7. The van der Waals surface area contributed by atoms with Crippen LogP contribution in [0.1, 0.15) is 63.3 Å². The molecule has 0 radical (unpaired) electrons. The highest BCUT2D eigenvalue weighted by molar-refractivity contribution is 5.68. The van der Waals surface area contributed by atoms with Crippen molar-refractivity contribution in [2.45, 2.75) is 71.4 Å². The van der Waals surface area contributed by atoms with Gasteiger partial charge in [0.15, 0.2) is 0 Å². The van der Waals surface area contributed by atoms with E-state index in [4.69, 9.17) is 14.5 Å². The van der Waals surface area contributed by atoms with Gasteiger partial charge in [-0.3, -0.25) is 0 Å². The van der Waals surface area contributed by atoms with Gasteiger partial charge in [-0.25, -0.2) is 14.5 Å². The predicted octanol–water partition coefficient (Wildman–Crippen LogP) is 3.92. The van der Waals surface area contributed by atoms with E-state index in [1.54, 1.807) is 11.7 Å². The standard InChI is InChI=1S/C22H31N5O3/c1-15-19(30-16-7-5-4-6-8-16)10-9-17(24-15)20-18(27(3)26-25-20)13-23-21(28)29-14-22(2)11-12-22/h9-10,16H,4-8,11-14H2,1-3H3,(H,23,28). The number of nitrogens with zero attached hydrogens (tertiary/aromatic N) is 4. The zero-order valence-corrected chi connectivity index (χ0v) is 18.1. The topological polar surface area (TPSA) is 91.2 Å². The molecule has 0 atom stereocenters. The molecule has 30 heavy (non-hydrogen) atoms. The third kappa shape index (κ3) is 4.91. The Morgan fingerprint density at radius 1 is 1.27 bits per heavy atom. The Morgan fingerprint density at radius 3 is 2.73 bits per heavy atom. The second kappa shape index (κ2) is 8.62. The normalized spacial score (nSPS) is 18.1. The summed E-state index contributed by atoms with van der Waals surface area (Å²) in [6.07, 6.45) is 8.06. The molecule has 4 rings (SSSR count). The number of rotatable bonds is 7. The number of ether oxygens (including phenoxy) is 2. The van der Waals surface area contributed by atoms with Crippen molar-refractivity contribution in [3.8, 4) is 17.1 Å². The fraction of sp³-hybridized carbons (Fsp3) is 0.636. The lowest BCUT2D eigenvalue weighted by Crippen LogP contribution is -2.27. The van der Waals surface area contributed by atoms with Gasteiger partial charge in [-0.2, -0.15) is 0 Å². The van der Waals surface area contributed by atoms with Crippen molar-refractivity contribution >= 4 is 6.09 Å². The molecule has 1 amide bonds. The van der Waals surface area contributed by atoms with Gasteiger partial charge in [0.1, 0.15) is 11.4 Å². The van der Waals surface area contributed by atoms with Crippen LogP contribution in [-0.2, 0) is 18.3 Å². The van der Waals surface area contributed by atoms with E-state index in [-0.39, 0.29) is 18.1 Å². The van der Waals surface area contributed by atoms with Gasteiger partial charge in [0.2, 0.25) is 0 Å². The van der Waals surface area contributed by atoms with E-state index >= 15 is 0 Å². The Bertz CT molecular complexity index is 900. The maximum absolute atomic E-state index is 12.0. The molecule has 2 aliphatic rings. The van der Waals surface area contributed by atoms with Gasteiger partial charge >= 0.3 is 6.09 Å². The molecule has 1 N–H and O–H groups in total. The maximum atomic E-state index is 12.0. The molecule has 0 aromatic carbocycles. The third-order valence-corrected chi connectivity index (χ3v) is 6.12. The lowest BCUT2D eigenvalue weighted by atomic mass is 9.98. The lowest BCUT2D eigenvalue weighted by Gasteiger charge is -2.23. The first-order valence-electron chi connectivity index (χ1n) is 10.9. The lowest BCUT2D eigenvalue weighted by molar-refractivity contribution is 0.124. The largest absolute Gasteiger partial charge is 0.489 e. The summed E-state index contributed by atoms with van der Waals surface area (Å²) in [7, 11) is 1.80. The molecule has 2 aliphatic carbocycles. The molecule has 2 aromatic rings. The monoisotopic (exact) mass is 413 g/mol. The highest BCUT2D eigenvalue weighted by Crippen LogP contribution is 2.44. The second-order valence-corrected chi connectivity index (χ2v) is 8.91. The summed E-state index contributed by atoms with van der Waals surface area (Å²) in [5.41, 5.74) is 3.14. The van der Waals surface area contributed by atoms with Crippen LogP contribution in [0, 0.1) is 12.3 Å². The van der Waals surface area contributed by atoms with Crippen molar-refractivity contribution in [2.24, 2.45) is 12.5 Å². The molecule has 0 spiro atoms. The molecule has 2 saturated carbocycles. The van der Waals surface area contributed by atoms with Gasteiger partial charge in [0.05, 0.1) is 36.3 Å². The summed E-state index contributed by atoms with van der Waals surface area (Å²) >= 11 is 0. The fourth-order valence-corrected chi connectivity index (χ4v) is 3.75. The van der Waals surface area contributed by atoms with E-state index in [1.165, 1.54) is 19.3 Å². The number of carbonyl (C=O) groups is 1. The van der Waals surface area contributed by atoms with E-state index in [2.05, 4.69) is 22.6 Å². The Morgan fingerprint density at radius 2 is 2.03 bits per heavy atom. The molecule has 0 bridgehead atoms. The summed E-state index contributed by atoms with van der Waals surface area (Å²) < 4.78 is 13.2. The third-order valence-electron chi connectivity index (χ3n) is 6.12. The van der Waals surface area contributed by atoms with Gasteiger partial charge in [-0.05, 0) is 57.6 Å². The highest BCUT2D eigenvalue weighted by atomic mass is 16.5. The van der Waals surface area contributed by atoms with Gasteiger partial charge < -0.3 is 14.8 Å². The average molecular weight is 414 g/mol. The van der Waals surface area contributed by atoms with Crippen LogP contribution in [0.25, 0.3) is 11.4 Å². The Hall–Kier alpha value is -2.64. The number of carbonyl (C=O) groups excluding carboxylic acids is 1. The van der Waals surface area contributed by atoms with Crippen LogP contribution in [0.2, 0.25) is 0 Å². The van der Waals surface area contributed by atoms with E-state index in [0.29, 0.717) is 18.0 Å². The second-order valence-electron chi connectivity index (χ2n) is 8.91. The summed E-state index contributed by atoms with van der Waals surface area (Å²) in [6, 6.07) is 3.87. The summed E-state index contributed by atoms with van der Waals surface area (Å²) in [5, 5.41) is 11.2. The van der Waals surface area contributed by atoms with Crippen LogP contribution >= 0.6 is 0 Å². The Balaban J connectivity index is 1.41. The van der Waals surface area contributed by atoms with Gasteiger partial charge in [-0.15, -0.1) is 5.10 Å². The minimum Gasteiger partial charge on any atom is -0.489 e. The van der Waals surface area contributed by atoms with E-state index in [0.717, 1.165) is 42.8 Å². The number of aryl methyl sites for hydroxylation is 2. The van der Waals surface area contributed by atoms with E-state index < -0.39 is 6.09 Å². The van der Waals surface area contributed by atoms with Crippen LogP contribution in [0.4, 0.5) is 4.79 Å². The Labute approximate surface area is 177 Å². The zero-order chi connectivity index (χ0) is 21.1. The molecular formula is C22H31N5O3. The van der Waals surface area contributed by atoms with Gasteiger partial charge in [-0.1, -0.05) is 18.6 Å².